The summed E-state index contributed by atoms with van der Waals surface area (Å²) in [6, 6.07) is 0. The van der Waals surface area contributed by atoms with E-state index in [0.717, 1.165) is 24.7 Å². The van der Waals surface area contributed by atoms with Gasteiger partial charge >= 0.3 is 0 Å². The summed E-state index contributed by atoms with van der Waals surface area (Å²) in [6.07, 6.45) is 6.74. The Morgan fingerprint density at radius 1 is 1.14 bits per heavy atom. The summed E-state index contributed by atoms with van der Waals surface area (Å²) in [7, 11) is -1.58. The molecule has 0 spiro atoms. The molecule has 0 aromatic rings. The second kappa shape index (κ2) is 6.14. The van der Waals surface area contributed by atoms with Crippen LogP contribution in [0.3, 0.4) is 0 Å². The molecule has 1 aliphatic heterocycles. The molecular formula is C15H28N2O3S. The predicted octanol–water partition coefficient (Wildman–Crippen LogP) is 1.30. The van der Waals surface area contributed by atoms with Crippen LogP contribution < -0.4 is 0 Å². The number of piperidine rings is 1. The first-order valence-electron chi connectivity index (χ1n) is 8.33. The van der Waals surface area contributed by atoms with E-state index in [2.05, 4.69) is 0 Å². The molecule has 122 valence electrons. The molecule has 21 heavy (non-hydrogen) atoms. The lowest BCUT2D eigenvalue weighted by Crippen LogP contribution is -2.47. The van der Waals surface area contributed by atoms with E-state index >= 15 is 0 Å². The minimum absolute atomic E-state index is 0.175. The highest BCUT2D eigenvalue weighted by molar-refractivity contribution is 7.86. The Morgan fingerprint density at radius 2 is 1.86 bits per heavy atom. The van der Waals surface area contributed by atoms with Crippen molar-refractivity contribution in [2.24, 2.45) is 23.7 Å². The van der Waals surface area contributed by atoms with Crippen LogP contribution in [0.4, 0.5) is 0 Å². The Morgan fingerprint density at radius 3 is 2.38 bits per heavy atom. The number of hydrogen-bond donors (Lipinski definition) is 1. The van der Waals surface area contributed by atoms with Gasteiger partial charge in [0.15, 0.2) is 0 Å². The second-order valence-electron chi connectivity index (χ2n) is 7.25. The maximum Gasteiger partial charge on any atom is 0.281 e. The number of hydrogen-bond acceptors (Lipinski definition) is 3. The van der Waals surface area contributed by atoms with E-state index in [4.69, 9.17) is 5.11 Å². The molecule has 2 saturated carbocycles. The first-order valence-corrected chi connectivity index (χ1v) is 9.72. The molecule has 3 aliphatic rings. The molecule has 1 N–H and O–H groups in total. The fourth-order valence-electron chi connectivity index (χ4n) is 4.54. The highest BCUT2D eigenvalue weighted by Gasteiger charge is 2.41. The monoisotopic (exact) mass is 316 g/mol. The summed E-state index contributed by atoms with van der Waals surface area (Å²) in [5.41, 5.74) is 0. The van der Waals surface area contributed by atoms with Crippen molar-refractivity contribution in [1.82, 2.24) is 8.61 Å². The molecule has 0 aromatic carbocycles. The van der Waals surface area contributed by atoms with Crippen LogP contribution in [0.15, 0.2) is 0 Å². The average Bonchev–Trinajstić information content (AvgIpc) is 3.09. The molecule has 3 unspecified atom stereocenters. The van der Waals surface area contributed by atoms with Crippen LogP contribution in [-0.2, 0) is 10.2 Å². The molecule has 2 bridgehead atoms. The van der Waals surface area contributed by atoms with Gasteiger partial charge in [0.25, 0.3) is 10.2 Å². The molecule has 1 heterocycles. The van der Waals surface area contributed by atoms with Gasteiger partial charge in [0, 0.05) is 33.3 Å². The summed E-state index contributed by atoms with van der Waals surface area (Å²) in [5, 5.41) is 9.16. The van der Waals surface area contributed by atoms with E-state index in [0.29, 0.717) is 25.6 Å². The van der Waals surface area contributed by atoms with Crippen molar-refractivity contribution in [2.75, 3.05) is 33.3 Å². The molecule has 3 fully saturated rings. The zero-order valence-corrected chi connectivity index (χ0v) is 13.8. The van der Waals surface area contributed by atoms with Gasteiger partial charge in [-0.2, -0.15) is 17.0 Å². The summed E-state index contributed by atoms with van der Waals surface area (Å²) < 4.78 is 28.5. The largest absolute Gasteiger partial charge is 0.396 e. The minimum atomic E-state index is -3.31. The molecule has 0 radical (unpaired) electrons. The SMILES string of the molecule is CN(CC1CC2CCC1C2)S(=O)(=O)N1CCC(CO)CC1. The van der Waals surface area contributed by atoms with E-state index in [1.54, 1.807) is 15.7 Å². The average molecular weight is 316 g/mol. The molecule has 2 aliphatic carbocycles. The Bertz CT molecular complexity index is 460. The van der Waals surface area contributed by atoms with Gasteiger partial charge in [0.2, 0.25) is 0 Å². The van der Waals surface area contributed by atoms with Gasteiger partial charge in [-0.05, 0) is 55.8 Å². The van der Waals surface area contributed by atoms with E-state index < -0.39 is 10.2 Å². The van der Waals surface area contributed by atoms with Crippen LogP contribution in [0.5, 0.6) is 0 Å². The smallest absolute Gasteiger partial charge is 0.281 e. The number of nitrogens with zero attached hydrogens (tertiary/aromatic N) is 2. The van der Waals surface area contributed by atoms with Gasteiger partial charge in [0.1, 0.15) is 0 Å². The Kier molecular flexibility index (Phi) is 4.60. The van der Waals surface area contributed by atoms with Gasteiger partial charge in [0.05, 0.1) is 0 Å². The van der Waals surface area contributed by atoms with Crippen LogP contribution in [0.1, 0.15) is 38.5 Å². The maximum atomic E-state index is 12.7. The predicted molar refractivity (Wildman–Crippen MR) is 81.9 cm³/mol. The van der Waals surface area contributed by atoms with Crippen LogP contribution in [0, 0.1) is 23.7 Å². The quantitative estimate of drug-likeness (QED) is 0.832. The lowest BCUT2D eigenvalue weighted by molar-refractivity contribution is 0.165. The van der Waals surface area contributed by atoms with Crippen LogP contribution in [-0.4, -0.2) is 55.4 Å². The number of rotatable bonds is 5. The molecule has 3 atom stereocenters. The minimum Gasteiger partial charge on any atom is -0.396 e. The number of aliphatic hydroxyl groups is 1. The third-order valence-electron chi connectivity index (χ3n) is 5.93. The molecule has 1 saturated heterocycles. The van der Waals surface area contributed by atoms with E-state index in [9.17, 15) is 8.42 Å². The van der Waals surface area contributed by atoms with Gasteiger partial charge in [-0.25, -0.2) is 0 Å². The standard InChI is InChI=1S/C15H28N2O3S/c1-16(10-15-9-13-2-3-14(15)8-13)21(19,20)17-6-4-12(11-18)5-7-17/h12-15,18H,2-11H2,1H3. The Balaban J connectivity index is 1.57. The number of aliphatic hydroxyl groups excluding tert-OH is 1. The van der Waals surface area contributed by atoms with E-state index in [-0.39, 0.29) is 12.5 Å². The third-order valence-corrected chi connectivity index (χ3v) is 7.88. The van der Waals surface area contributed by atoms with E-state index in [1.165, 1.54) is 25.7 Å². The van der Waals surface area contributed by atoms with Crippen molar-refractivity contribution in [3.05, 3.63) is 0 Å². The normalized spacial score (nSPS) is 34.9. The zero-order chi connectivity index (χ0) is 15.0. The molecular weight excluding hydrogens is 288 g/mol. The van der Waals surface area contributed by atoms with Gasteiger partial charge in [-0.1, -0.05) is 6.42 Å². The topological polar surface area (TPSA) is 60.9 Å². The van der Waals surface area contributed by atoms with Crippen molar-refractivity contribution < 1.29 is 13.5 Å². The van der Waals surface area contributed by atoms with Gasteiger partial charge in [-0.3, -0.25) is 0 Å². The second-order valence-corrected chi connectivity index (χ2v) is 9.28. The van der Waals surface area contributed by atoms with Crippen LogP contribution >= 0.6 is 0 Å². The van der Waals surface area contributed by atoms with Gasteiger partial charge < -0.3 is 5.11 Å². The highest BCUT2D eigenvalue weighted by atomic mass is 32.2. The lowest BCUT2D eigenvalue weighted by atomic mass is 9.89. The third kappa shape index (κ3) is 3.14. The van der Waals surface area contributed by atoms with Crippen molar-refractivity contribution >= 4 is 10.2 Å². The summed E-state index contributed by atoms with van der Waals surface area (Å²) in [5.74, 6) is 2.45. The highest BCUT2D eigenvalue weighted by Crippen LogP contribution is 2.48. The summed E-state index contributed by atoms with van der Waals surface area (Å²) in [4.78, 5) is 0. The molecule has 3 rings (SSSR count). The van der Waals surface area contributed by atoms with Crippen LogP contribution in [0.2, 0.25) is 0 Å². The first-order chi connectivity index (χ1) is 10.0. The number of fused-ring (bicyclic) bond motifs is 2. The lowest BCUT2D eigenvalue weighted by Gasteiger charge is -2.34. The maximum absolute atomic E-state index is 12.7. The fourth-order valence-corrected chi connectivity index (χ4v) is 5.99. The van der Waals surface area contributed by atoms with Gasteiger partial charge in [-0.15, -0.1) is 0 Å². The molecule has 0 amide bonds. The summed E-state index contributed by atoms with van der Waals surface area (Å²) in [6.45, 7) is 1.96. The fraction of sp³-hybridized carbons (Fsp3) is 1.00. The zero-order valence-electron chi connectivity index (χ0n) is 12.9. The van der Waals surface area contributed by atoms with E-state index in [1.807, 2.05) is 0 Å². The van der Waals surface area contributed by atoms with Crippen LogP contribution in [0.25, 0.3) is 0 Å². The van der Waals surface area contributed by atoms with Crippen molar-refractivity contribution in [3.63, 3.8) is 0 Å². The molecule has 5 nitrogen and oxygen atoms in total. The van der Waals surface area contributed by atoms with Crippen molar-refractivity contribution in [3.8, 4) is 0 Å². The first kappa shape index (κ1) is 15.7. The molecule has 6 heteroatoms. The summed E-state index contributed by atoms with van der Waals surface area (Å²) >= 11 is 0. The van der Waals surface area contributed by atoms with Crippen molar-refractivity contribution in [2.45, 2.75) is 38.5 Å². The Labute approximate surface area is 128 Å². The molecule has 0 aromatic heterocycles. The van der Waals surface area contributed by atoms with Crippen molar-refractivity contribution in [1.29, 1.82) is 0 Å². The Hall–Kier alpha value is -0.170.